The topological polar surface area (TPSA) is 64.0 Å². The minimum absolute atomic E-state index is 0.0278. The third-order valence-electron chi connectivity index (χ3n) is 5.19. The van der Waals surface area contributed by atoms with Crippen LogP contribution < -0.4 is 4.72 Å². The number of hydrogen-bond acceptors (Lipinski definition) is 3. The first-order valence-corrected chi connectivity index (χ1v) is 12.0. The highest BCUT2D eigenvalue weighted by molar-refractivity contribution is 7.90. The Morgan fingerprint density at radius 3 is 2.52 bits per heavy atom. The molecule has 4 rings (SSSR count). The van der Waals surface area contributed by atoms with E-state index < -0.39 is 21.7 Å². The molecule has 31 heavy (non-hydrogen) atoms. The van der Waals surface area contributed by atoms with Crippen molar-refractivity contribution in [2.45, 2.75) is 52.0 Å². The maximum atomic E-state index is 15.0. The fourth-order valence-corrected chi connectivity index (χ4v) is 5.13. The van der Waals surface area contributed by atoms with E-state index in [1.807, 2.05) is 10.8 Å². The van der Waals surface area contributed by atoms with Crippen LogP contribution in [0.3, 0.4) is 0 Å². The number of pyridine rings is 1. The summed E-state index contributed by atoms with van der Waals surface area (Å²) in [5.41, 5.74) is 1.17. The molecule has 0 saturated heterocycles. The largest absolute Gasteiger partial charge is 0.347 e. The summed E-state index contributed by atoms with van der Waals surface area (Å²) in [6.07, 6.45) is 4.44. The van der Waals surface area contributed by atoms with Crippen LogP contribution in [0.4, 0.5) is 8.78 Å². The maximum Gasteiger partial charge on any atom is 0.214 e. The van der Waals surface area contributed by atoms with Crippen LogP contribution in [-0.2, 0) is 23.1 Å². The average Bonchev–Trinajstić information content (AvgIpc) is 3.45. The van der Waals surface area contributed by atoms with Gasteiger partial charge >= 0.3 is 0 Å². The summed E-state index contributed by atoms with van der Waals surface area (Å²) in [4.78, 5) is 3.97. The van der Waals surface area contributed by atoms with E-state index in [0.29, 0.717) is 35.9 Å². The molecular formula is C22H24ClF2N3O2S. The van der Waals surface area contributed by atoms with Crippen LogP contribution in [0.25, 0.3) is 22.2 Å². The SMILES string of the molecule is CC(C)(C)Cn1cc(CNS(=O)(=O)C2CC2)c2cc(F)c(-c3ncc(Cl)cc3F)cc21. The molecule has 0 radical (unpaired) electrons. The van der Waals surface area contributed by atoms with Crippen molar-refractivity contribution in [3.63, 3.8) is 0 Å². The molecule has 0 spiro atoms. The van der Waals surface area contributed by atoms with Gasteiger partial charge in [-0.3, -0.25) is 4.98 Å². The number of hydrogen-bond donors (Lipinski definition) is 1. The molecule has 0 atom stereocenters. The number of benzene rings is 1. The van der Waals surface area contributed by atoms with E-state index in [4.69, 9.17) is 11.6 Å². The molecule has 1 fully saturated rings. The zero-order chi connectivity index (χ0) is 22.6. The van der Waals surface area contributed by atoms with Gasteiger partial charge in [-0.2, -0.15) is 0 Å². The summed E-state index contributed by atoms with van der Waals surface area (Å²) < 4.78 is 58.6. The number of rotatable bonds is 6. The molecule has 0 bridgehead atoms. The highest BCUT2D eigenvalue weighted by Crippen LogP contribution is 2.34. The molecule has 1 aliphatic carbocycles. The monoisotopic (exact) mass is 467 g/mol. The Labute approximate surface area is 185 Å². The number of fused-ring (bicyclic) bond motifs is 1. The highest BCUT2D eigenvalue weighted by atomic mass is 35.5. The zero-order valence-corrected chi connectivity index (χ0v) is 19.1. The van der Waals surface area contributed by atoms with Crippen LogP contribution in [0, 0.1) is 17.0 Å². The van der Waals surface area contributed by atoms with Gasteiger partial charge in [0.05, 0.1) is 10.3 Å². The Balaban J connectivity index is 1.81. The second kappa shape index (κ2) is 7.83. The van der Waals surface area contributed by atoms with Crippen molar-refractivity contribution in [2.75, 3.05) is 0 Å². The van der Waals surface area contributed by atoms with Gasteiger partial charge in [0.1, 0.15) is 11.5 Å². The van der Waals surface area contributed by atoms with Gasteiger partial charge in [-0.15, -0.1) is 0 Å². The highest BCUT2D eigenvalue weighted by Gasteiger charge is 2.35. The van der Waals surface area contributed by atoms with Gasteiger partial charge in [0, 0.05) is 41.9 Å². The smallest absolute Gasteiger partial charge is 0.214 e. The predicted octanol–water partition coefficient (Wildman–Crippen LogP) is 5.26. The number of nitrogens with zero attached hydrogens (tertiary/aromatic N) is 2. The summed E-state index contributed by atoms with van der Waals surface area (Å²) in [7, 11) is -3.38. The fourth-order valence-electron chi connectivity index (χ4n) is 3.64. The third kappa shape index (κ3) is 4.76. The van der Waals surface area contributed by atoms with Gasteiger partial charge in [0.25, 0.3) is 0 Å². The van der Waals surface area contributed by atoms with Gasteiger partial charge in [-0.25, -0.2) is 21.9 Å². The van der Waals surface area contributed by atoms with Crippen molar-refractivity contribution < 1.29 is 17.2 Å². The van der Waals surface area contributed by atoms with Crippen molar-refractivity contribution in [1.29, 1.82) is 0 Å². The van der Waals surface area contributed by atoms with Crippen LogP contribution in [0.1, 0.15) is 39.2 Å². The molecule has 0 aliphatic heterocycles. The number of nitrogens with one attached hydrogen (secondary N) is 1. The molecule has 2 aromatic heterocycles. The van der Waals surface area contributed by atoms with Gasteiger partial charge in [0.15, 0.2) is 5.82 Å². The molecule has 9 heteroatoms. The first kappa shape index (κ1) is 22.2. The normalized spacial score (nSPS) is 15.0. The van der Waals surface area contributed by atoms with Crippen molar-refractivity contribution in [2.24, 2.45) is 5.41 Å². The maximum absolute atomic E-state index is 15.0. The lowest BCUT2D eigenvalue weighted by molar-refractivity contribution is 0.349. The summed E-state index contributed by atoms with van der Waals surface area (Å²) in [5.74, 6) is -1.35. The van der Waals surface area contributed by atoms with E-state index in [9.17, 15) is 12.8 Å². The molecular weight excluding hydrogens is 444 g/mol. The Hall–Kier alpha value is -2.03. The molecule has 5 nitrogen and oxygen atoms in total. The van der Waals surface area contributed by atoms with Crippen LogP contribution in [-0.4, -0.2) is 23.2 Å². The van der Waals surface area contributed by atoms with Crippen molar-refractivity contribution in [3.8, 4) is 11.3 Å². The molecule has 1 saturated carbocycles. The van der Waals surface area contributed by atoms with Gasteiger partial charge in [0.2, 0.25) is 10.0 Å². The number of aromatic nitrogens is 2. The van der Waals surface area contributed by atoms with E-state index in [1.165, 1.54) is 12.3 Å². The Morgan fingerprint density at radius 2 is 1.90 bits per heavy atom. The fraction of sp³-hybridized carbons (Fsp3) is 0.409. The van der Waals surface area contributed by atoms with Crippen LogP contribution in [0.15, 0.2) is 30.6 Å². The summed E-state index contributed by atoms with van der Waals surface area (Å²) in [5, 5.41) is 0.375. The third-order valence-corrected chi connectivity index (χ3v) is 7.29. The quantitative estimate of drug-likeness (QED) is 0.537. The zero-order valence-electron chi connectivity index (χ0n) is 17.5. The lowest BCUT2D eigenvalue weighted by Gasteiger charge is -2.20. The Bertz CT molecular complexity index is 1260. The van der Waals surface area contributed by atoms with E-state index in [1.54, 1.807) is 6.07 Å². The number of halogens is 3. The molecule has 3 aromatic rings. The molecule has 0 unspecified atom stereocenters. The Morgan fingerprint density at radius 1 is 1.19 bits per heavy atom. The molecule has 2 heterocycles. The molecule has 0 amide bonds. The van der Waals surface area contributed by atoms with E-state index in [0.717, 1.165) is 6.07 Å². The van der Waals surface area contributed by atoms with Gasteiger partial charge in [-0.1, -0.05) is 32.4 Å². The minimum Gasteiger partial charge on any atom is -0.347 e. The van der Waals surface area contributed by atoms with Crippen LogP contribution in [0.2, 0.25) is 5.02 Å². The second-order valence-electron chi connectivity index (χ2n) is 9.24. The van der Waals surface area contributed by atoms with E-state index in [2.05, 4.69) is 30.5 Å². The molecule has 1 aliphatic rings. The molecule has 166 valence electrons. The van der Waals surface area contributed by atoms with Crippen molar-refractivity contribution >= 4 is 32.5 Å². The van der Waals surface area contributed by atoms with Crippen molar-refractivity contribution in [3.05, 3.63) is 52.8 Å². The minimum atomic E-state index is -3.38. The number of sulfonamides is 1. The lowest BCUT2D eigenvalue weighted by atomic mass is 9.97. The first-order valence-electron chi connectivity index (χ1n) is 10.1. The molecule has 1 N–H and O–H groups in total. The summed E-state index contributed by atoms with van der Waals surface area (Å²) in [6, 6.07) is 3.98. The van der Waals surface area contributed by atoms with Gasteiger partial charge < -0.3 is 4.57 Å². The lowest BCUT2D eigenvalue weighted by Crippen LogP contribution is -2.26. The van der Waals surface area contributed by atoms with Crippen LogP contribution >= 0.6 is 11.6 Å². The van der Waals surface area contributed by atoms with E-state index in [-0.39, 0.29) is 33.5 Å². The van der Waals surface area contributed by atoms with Crippen LogP contribution in [0.5, 0.6) is 0 Å². The molecule has 1 aromatic carbocycles. The standard InChI is InChI=1S/C22H24ClF2N3O2S/c1-22(2,3)12-28-11-13(9-27-31(29,30)15-4-5-15)16-7-18(24)17(8-20(16)28)21-19(25)6-14(23)10-26-21/h6-8,10-11,15,27H,4-5,9,12H2,1-3H3. The Kier molecular flexibility index (Phi) is 5.60. The van der Waals surface area contributed by atoms with Crippen molar-refractivity contribution in [1.82, 2.24) is 14.3 Å². The van der Waals surface area contributed by atoms with E-state index >= 15 is 4.39 Å². The van der Waals surface area contributed by atoms with Gasteiger partial charge in [-0.05, 0) is 42.0 Å². The second-order valence-corrected chi connectivity index (χ2v) is 11.7. The average molecular weight is 468 g/mol. The summed E-state index contributed by atoms with van der Waals surface area (Å²) in [6.45, 7) is 6.89. The summed E-state index contributed by atoms with van der Waals surface area (Å²) >= 11 is 5.78. The predicted molar refractivity (Wildman–Crippen MR) is 118 cm³/mol. The first-order chi connectivity index (χ1) is 14.4.